The molecular weight excluding hydrogens is 318 g/mol. The third kappa shape index (κ3) is 2.79. The summed E-state index contributed by atoms with van der Waals surface area (Å²) in [6, 6.07) is 12.1. The largest absolute Gasteiger partial charge is 0.355 e. The van der Waals surface area contributed by atoms with Crippen LogP contribution < -0.4 is 9.80 Å². The van der Waals surface area contributed by atoms with Crippen LogP contribution in [0, 0.1) is 11.3 Å². The molecule has 1 fully saturated rings. The van der Waals surface area contributed by atoms with Crippen molar-refractivity contribution in [1.82, 2.24) is 9.97 Å². The molecule has 2 aromatic heterocycles. The van der Waals surface area contributed by atoms with Crippen LogP contribution in [0.15, 0.2) is 41.9 Å². The van der Waals surface area contributed by atoms with Crippen molar-refractivity contribution >= 4 is 33.2 Å². The first-order valence-corrected chi connectivity index (χ1v) is 8.92. The first kappa shape index (κ1) is 14.9. The molecule has 1 saturated heterocycles. The van der Waals surface area contributed by atoms with Gasteiger partial charge >= 0.3 is 0 Å². The fourth-order valence-electron chi connectivity index (χ4n) is 3.13. The Bertz CT molecular complexity index is 884. The summed E-state index contributed by atoms with van der Waals surface area (Å²) in [5, 5.41) is 13.5. The second kappa shape index (κ2) is 6.46. The topological polar surface area (TPSA) is 56.1 Å². The molecule has 120 valence electrons. The van der Waals surface area contributed by atoms with Gasteiger partial charge in [-0.2, -0.15) is 5.26 Å². The Morgan fingerprint density at radius 1 is 1.08 bits per heavy atom. The van der Waals surface area contributed by atoms with Gasteiger partial charge in [0, 0.05) is 43.1 Å². The molecule has 0 N–H and O–H groups in total. The lowest BCUT2D eigenvalue weighted by atomic mass is 10.1. The standard InChI is InChI=1S/C18H17N5S/c19-13-14-12-17(21-16-5-2-1-4-15(14)16)22-7-3-8-23(10-9-22)18-20-6-11-24-18/h1-2,4-6,11-12H,3,7-10H2. The number of rotatable bonds is 2. The minimum Gasteiger partial charge on any atom is -0.355 e. The molecule has 0 unspecified atom stereocenters. The highest BCUT2D eigenvalue weighted by atomic mass is 32.1. The molecule has 1 aliphatic heterocycles. The molecule has 0 atom stereocenters. The van der Waals surface area contributed by atoms with E-state index in [4.69, 9.17) is 4.98 Å². The fraction of sp³-hybridized carbons (Fsp3) is 0.278. The third-order valence-corrected chi connectivity index (χ3v) is 5.17. The number of benzene rings is 1. The van der Waals surface area contributed by atoms with Crippen LogP contribution in [-0.2, 0) is 0 Å². The van der Waals surface area contributed by atoms with Crippen LogP contribution in [0.3, 0.4) is 0 Å². The van der Waals surface area contributed by atoms with Crippen LogP contribution in [0.25, 0.3) is 10.9 Å². The Hall–Kier alpha value is -2.65. The maximum Gasteiger partial charge on any atom is 0.185 e. The highest BCUT2D eigenvalue weighted by molar-refractivity contribution is 7.13. The maximum absolute atomic E-state index is 9.47. The minimum atomic E-state index is 0.691. The molecule has 4 rings (SSSR count). The van der Waals surface area contributed by atoms with Crippen LogP contribution in [0.5, 0.6) is 0 Å². The summed E-state index contributed by atoms with van der Waals surface area (Å²) in [7, 11) is 0. The summed E-state index contributed by atoms with van der Waals surface area (Å²) in [5.41, 5.74) is 1.57. The van der Waals surface area contributed by atoms with E-state index in [0.717, 1.165) is 54.5 Å². The van der Waals surface area contributed by atoms with Crippen LogP contribution in [-0.4, -0.2) is 36.1 Å². The molecule has 0 amide bonds. The molecule has 0 radical (unpaired) electrons. The van der Waals surface area contributed by atoms with E-state index in [1.54, 1.807) is 11.3 Å². The van der Waals surface area contributed by atoms with Crippen LogP contribution >= 0.6 is 11.3 Å². The van der Waals surface area contributed by atoms with E-state index >= 15 is 0 Å². The van der Waals surface area contributed by atoms with Gasteiger partial charge in [-0.3, -0.25) is 0 Å². The maximum atomic E-state index is 9.47. The SMILES string of the molecule is N#Cc1cc(N2CCCN(c3nccs3)CC2)nc2ccccc12. The van der Waals surface area contributed by atoms with Gasteiger partial charge in [-0.1, -0.05) is 18.2 Å². The Morgan fingerprint density at radius 3 is 2.75 bits per heavy atom. The summed E-state index contributed by atoms with van der Waals surface area (Å²) in [6.45, 7) is 3.75. The second-order valence-corrected chi connectivity index (χ2v) is 6.67. The van der Waals surface area contributed by atoms with Gasteiger partial charge in [0.25, 0.3) is 0 Å². The minimum absolute atomic E-state index is 0.691. The van der Waals surface area contributed by atoms with Crippen molar-refractivity contribution < 1.29 is 0 Å². The van der Waals surface area contributed by atoms with Crippen molar-refractivity contribution in [3.05, 3.63) is 47.5 Å². The number of hydrogen-bond acceptors (Lipinski definition) is 6. The molecule has 0 bridgehead atoms. The summed E-state index contributed by atoms with van der Waals surface area (Å²) < 4.78 is 0. The number of aromatic nitrogens is 2. The fourth-order valence-corrected chi connectivity index (χ4v) is 3.82. The number of pyridine rings is 1. The van der Waals surface area contributed by atoms with Gasteiger partial charge in [0.15, 0.2) is 5.13 Å². The lowest BCUT2D eigenvalue weighted by Crippen LogP contribution is -2.31. The van der Waals surface area contributed by atoms with E-state index in [-0.39, 0.29) is 0 Å². The Kier molecular flexibility index (Phi) is 4.01. The van der Waals surface area contributed by atoms with Gasteiger partial charge in [-0.25, -0.2) is 9.97 Å². The second-order valence-electron chi connectivity index (χ2n) is 5.80. The zero-order chi connectivity index (χ0) is 16.4. The van der Waals surface area contributed by atoms with Crippen molar-refractivity contribution in [1.29, 1.82) is 5.26 Å². The highest BCUT2D eigenvalue weighted by Gasteiger charge is 2.18. The normalized spacial score (nSPS) is 15.3. The molecule has 0 aliphatic carbocycles. The van der Waals surface area contributed by atoms with Crippen molar-refractivity contribution in [3.8, 4) is 6.07 Å². The number of thiazole rings is 1. The van der Waals surface area contributed by atoms with Gasteiger partial charge in [-0.15, -0.1) is 11.3 Å². The molecule has 3 aromatic rings. The Morgan fingerprint density at radius 2 is 1.92 bits per heavy atom. The molecule has 0 saturated carbocycles. The van der Waals surface area contributed by atoms with E-state index in [1.807, 2.05) is 41.9 Å². The molecule has 3 heterocycles. The summed E-state index contributed by atoms with van der Waals surface area (Å²) >= 11 is 1.68. The van der Waals surface area contributed by atoms with E-state index in [2.05, 4.69) is 20.9 Å². The number of anilines is 2. The smallest absolute Gasteiger partial charge is 0.185 e. The van der Waals surface area contributed by atoms with E-state index in [0.29, 0.717) is 5.56 Å². The van der Waals surface area contributed by atoms with Crippen molar-refractivity contribution in [2.24, 2.45) is 0 Å². The van der Waals surface area contributed by atoms with Crippen LogP contribution in [0.4, 0.5) is 10.9 Å². The van der Waals surface area contributed by atoms with E-state index in [9.17, 15) is 5.26 Å². The van der Waals surface area contributed by atoms with Crippen molar-refractivity contribution in [3.63, 3.8) is 0 Å². The lowest BCUT2D eigenvalue weighted by Gasteiger charge is -2.23. The average Bonchev–Trinajstić information content (AvgIpc) is 3.05. The number of nitriles is 1. The number of fused-ring (bicyclic) bond motifs is 1. The van der Waals surface area contributed by atoms with Gasteiger partial charge < -0.3 is 9.80 Å². The van der Waals surface area contributed by atoms with Gasteiger partial charge in [0.2, 0.25) is 0 Å². The molecule has 1 aromatic carbocycles. The summed E-state index contributed by atoms with van der Waals surface area (Å²) in [5.74, 6) is 0.895. The summed E-state index contributed by atoms with van der Waals surface area (Å²) in [6.07, 6.45) is 2.91. The molecule has 24 heavy (non-hydrogen) atoms. The van der Waals surface area contributed by atoms with E-state index in [1.165, 1.54) is 0 Å². The molecular formula is C18H17N5S. The zero-order valence-corrected chi connectivity index (χ0v) is 14.0. The third-order valence-electron chi connectivity index (χ3n) is 4.33. The van der Waals surface area contributed by atoms with Crippen LogP contribution in [0.2, 0.25) is 0 Å². The zero-order valence-electron chi connectivity index (χ0n) is 13.2. The van der Waals surface area contributed by atoms with Gasteiger partial charge in [0.1, 0.15) is 5.82 Å². The highest BCUT2D eigenvalue weighted by Crippen LogP contribution is 2.25. The Labute approximate surface area is 144 Å². The predicted octanol–water partition coefficient (Wildman–Crippen LogP) is 3.28. The molecule has 0 spiro atoms. The van der Waals surface area contributed by atoms with Gasteiger partial charge in [-0.05, 0) is 18.6 Å². The first-order chi connectivity index (χ1) is 11.8. The molecule has 6 heteroatoms. The van der Waals surface area contributed by atoms with Crippen molar-refractivity contribution in [2.45, 2.75) is 6.42 Å². The molecule has 1 aliphatic rings. The van der Waals surface area contributed by atoms with Gasteiger partial charge in [0.05, 0.1) is 17.1 Å². The molecule has 5 nitrogen and oxygen atoms in total. The quantitative estimate of drug-likeness (QED) is 0.719. The van der Waals surface area contributed by atoms with Crippen molar-refractivity contribution in [2.75, 3.05) is 36.0 Å². The number of hydrogen-bond donors (Lipinski definition) is 0. The predicted molar refractivity (Wildman–Crippen MR) is 97.6 cm³/mol. The average molecular weight is 335 g/mol. The summed E-state index contributed by atoms with van der Waals surface area (Å²) in [4.78, 5) is 13.8. The van der Waals surface area contributed by atoms with E-state index < -0.39 is 0 Å². The van der Waals surface area contributed by atoms with Crippen LogP contribution in [0.1, 0.15) is 12.0 Å². The Balaban J connectivity index is 1.62. The lowest BCUT2D eigenvalue weighted by molar-refractivity contribution is 0.798. The number of para-hydroxylation sites is 1. The number of nitrogens with zero attached hydrogens (tertiary/aromatic N) is 5. The first-order valence-electron chi connectivity index (χ1n) is 8.04. The monoisotopic (exact) mass is 335 g/mol.